The number of hydrogen-bond donors (Lipinski definition) is 1. The fourth-order valence-corrected chi connectivity index (χ4v) is 3.47. The molecule has 114 valence electrons. The van der Waals surface area contributed by atoms with Gasteiger partial charge in [0.1, 0.15) is 5.01 Å². The largest absolute Gasteiger partial charge is 0.304 e. The number of nitrogens with one attached hydrogen (secondary N) is 1. The van der Waals surface area contributed by atoms with Crippen molar-refractivity contribution in [3.63, 3.8) is 0 Å². The zero-order valence-electron chi connectivity index (χ0n) is 13.1. The average Bonchev–Trinajstić information content (AvgIpc) is 2.91. The molecule has 1 heterocycles. The van der Waals surface area contributed by atoms with Crippen LogP contribution in [-0.4, -0.2) is 11.5 Å². The van der Waals surface area contributed by atoms with E-state index >= 15 is 0 Å². The third-order valence-electron chi connectivity index (χ3n) is 3.34. The van der Waals surface area contributed by atoms with Crippen molar-refractivity contribution in [2.45, 2.75) is 45.6 Å². The Morgan fingerprint density at radius 1 is 1.24 bits per heavy atom. The fraction of sp³-hybridized carbons (Fsp3) is 0.471. The lowest BCUT2D eigenvalue weighted by atomic mass is 9.93. The molecule has 0 fully saturated rings. The van der Waals surface area contributed by atoms with E-state index in [-0.39, 0.29) is 11.5 Å². The quantitative estimate of drug-likeness (QED) is 0.777. The average molecular weight is 367 g/mol. The second kappa shape index (κ2) is 7.03. The van der Waals surface area contributed by atoms with Gasteiger partial charge < -0.3 is 5.32 Å². The van der Waals surface area contributed by atoms with Gasteiger partial charge in [-0.3, -0.25) is 0 Å². The number of thiazole rings is 1. The Kier molecular flexibility index (Phi) is 5.58. The van der Waals surface area contributed by atoms with Crippen LogP contribution < -0.4 is 5.32 Å². The van der Waals surface area contributed by atoms with Crippen molar-refractivity contribution in [3.05, 3.63) is 50.4 Å². The van der Waals surface area contributed by atoms with Crippen LogP contribution in [0.1, 0.15) is 56.4 Å². The Balaban J connectivity index is 2.31. The molecular formula is C17H23BrN2S. The van der Waals surface area contributed by atoms with Crippen molar-refractivity contribution in [3.8, 4) is 0 Å². The number of benzene rings is 1. The van der Waals surface area contributed by atoms with Crippen molar-refractivity contribution in [2.75, 3.05) is 6.54 Å². The zero-order chi connectivity index (χ0) is 15.5. The zero-order valence-corrected chi connectivity index (χ0v) is 15.5. The molecule has 21 heavy (non-hydrogen) atoms. The summed E-state index contributed by atoms with van der Waals surface area (Å²) in [6.45, 7) is 9.80. The molecule has 1 unspecified atom stereocenters. The molecule has 2 rings (SSSR count). The highest BCUT2D eigenvalue weighted by Gasteiger charge is 2.22. The van der Waals surface area contributed by atoms with Gasteiger partial charge >= 0.3 is 0 Å². The van der Waals surface area contributed by atoms with Gasteiger partial charge in [0.05, 0.1) is 11.7 Å². The topological polar surface area (TPSA) is 24.9 Å². The second-order valence-electron chi connectivity index (χ2n) is 6.26. The standard InChI is InChI=1S/C17H23BrN2S/c1-5-10-19-15(12-6-8-13(18)9-7-12)16-20-14(11-21-16)17(2,3)4/h6-9,11,15,19H,5,10H2,1-4H3. The summed E-state index contributed by atoms with van der Waals surface area (Å²) < 4.78 is 1.11. The first-order valence-electron chi connectivity index (χ1n) is 7.36. The molecule has 0 saturated heterocycles. The van der Waals surface area contributed by atoms with Crippen LogP contribution in [0.5, 0.6) is 0 Å². The van der Waals surface area contributed by atoms with Gasteiger partial charge in [0.25, 0.3) is 0 Å². The minimum atomic E-state index is 0.101. The minimum absolute atomic E-state index is 0.101. The van der Waals surface area contributed by atoms with Crippen LogP contribution in [0.15, 0.2) is 34.1 Å². The Bertz CT molecular complexity index is 569. The molecule has 0 aliphatic carbocycles. The van der Waals surface area contributed by atoms with Crippen molar-refractivity contribution >= 4 is 27.3 Å². The fourth-order valence-electron chi connectivity index (χ4n) is 2.06. The first-order chi connectivity index (χ1) is 9.91. The van der Waals surface area contributed by atoms with Gasteiger partial charge in [0, 0.05) is 15.3 Å². The van der Waals surface area contributed by atoms with E-state index in [1.54, 1.807) is 11.3 Å². The maximum absolute atomic E-state index is 4.88. The summed E-state index contributed by atoms with van der Waals surface area (Å²) in [6, 6.07) is 8.69. The van der Waals surface area contributed by atoms with Gasteiger partial charge in [0.15, 0.2) is 0 Å². The van der Waals surface area contributed by atoms with E-state index in [1.165, 1.54) is 11.3 Å². The summed E-state index contributed by atoms with van der Waals surface area (Å²) in [5.74, 6) is 0. The Morgan fingerprint density at radius 2 is 1.90 bits per heavy atom. The Morgan fingerprint density at radius 3 is 2.43 bits per heavy atom. The summed E-state index contributed by atoms with van der Waals surface area (Å²) in [5, 5.41) is 6.96. The predicted molar refractivity (Wildman–Crippen MR) is 95.1 cm³/mol. The van der Waals surface area contributed by atoms with Crippen LogP contribution in [0.4, 0.5) is 0 Å². The van der Waals surface area contributed by atoms with Crippen LogP contribution in [0.2, 0.25) is 0 Å². The minimum Gasteiger partial charge on any atom is -0.304 e. The second-order valence-corrected chi connectivity index (χ2v) is 8.07. The molecule has 0 saturated carbocycles. The summed E-state index contributed by atoms with van der Waals surface area (Å²) >= 11 is 5.25. The summed E-state index contributed by atoms with van der Waals surface area (Å²) in [6.07, 6.45) is 1.12. The molecular weight excluding hydrogens is 344 g/mol. The van der Waals surface area contributed by atoms with E-state index in [1.807, 2.05) is 0 Å². The number of halogens is 1. The lowest BCUT2D eigenvalue weighted by molar-refractivity contribution is 0.557. The predicted octanol–water partition coefficient (Wildman–Crippen LogP) is 5.29. The van der Waals surface area contributed by atoms with Crippen LogP contribution in [-0.2, 0) is 5.41 Å². The van der Waals surface area contributed by atoms with E-state index < -0.39 is 0 Å². The maximum Gasteiger partial charge on any atom is 0.114 e. The Hall–Kier alpha value is -0.710. The molecule has 1 aromatic heterocycles. The highest BCUT2D eigenvalue weighted by atomic mass is 79.9. The molecule has 0 amide bonds. The van der Waals surface area contributed by atoms with E-state index in [0.29, 0.717) is 0 Å². The summed E-state index contributed by atoms with van der Waals surface area (Å²) in [7, 11) is 0. The molecule has 0 bridgehead atoms. The van der Waals surface area contributed by atoms with Gasteiger partial charge in [0.2, 0.25) is 0 Å². The van der Waals surface area contributed by atoms with Crippen LogP contribution >= 0.6 is 27.3 Å². The number of rotatable bonds is 5. The van der Waals surface area contributed by atoms with Crippen molar-refractivity contribution in [1.82, 2.24) is 10.3 Å². The maximum atomic E-state index is 4.88. The van der Waals surface area contributed by atoms with Gasteiger partial charge in [-0.2, -0.15) is 0 Å². The molecule has 1 N–H and O–H groups in total. The Labute approximate surface area is 140 Å². The lowest BCUT2D eigenvalue weighted by Crippen LogP contribution is -2.23. The third kappa shape index (κ3) is 4.38. The van der Waals surface area contributed by atoms with E-state index in [0.717, 1.165) is 22.4 Å². The number of nitrogens with zero attached hydrogens (tertiary/aromatic N) is 1. The first kappa shape index (κ1) is 16.7. The lowest BCUT2D eigenvalue weighted by Gasteiger charge is -2.18. The highest BCUT2D eigenvalue weighted by Crippen LogP contribution is 2.30. The highest BCUT2D eigenvalue weighted by molar-refractivity contribution is 9.10. The monoisotopic (exact) mass is 366 g/mol. The van der Waals surface area contributed by atoms with Crippen molar-refractivity contribution in [1.29, 1.82) is 0 Å². The van der Waals surface area contributed by atoms with Gasteiger partial charge in [-0.15, -0.1) is 11.3 Å². The first-order valence-corrected chi connectivity index (χ1v) is 9.04. The van der Waals surface area contributed by atoms with Crippen LogP contribution in [0, 0.1) is 0 Å². The van der Waals surface area contributed by atoms with Crippen molar-refractivity contribution in [2.24, 2.45) is 0 Å². The molecule has 2 nitrogen and oxygen atoms in total. The summed E-state index contributed by atoms with van der Waals surface area (Å²) in [5.41, 5.74) is 2.54. The molecule has 0 aliphatic heterocycles. The molecule has 0 spiro atoms. The van der Waals surface area contributed by atoms with E-state index in [9.17, 15) is 0 Å². The molecule has 2 aromatic rings. The molecule has 0 radical (unpaired) electrons. The normalized spacial score (nSPS) is 13.4. The summed E-state index contributed by atoms with van der Waals surface area (Å²) in [4.78, 5) is 4.88. The molecule has 0 aliphatic rings. The molecule has 1 aromatic carbocycles. The SMILES string of the molecule is CCCNC(c1ccc(Br)cc1)c1nc(C(C)(C)C)cs1. The molecule has 1 atom stereocenters. The van der Waals surface area contributed by atoms with Crippen molar-refractivity contribution < 1.29 is 0 Å². The number of hydrogen-bond acceptors (Lipinski definition) is 3. The van der Waals surface area contributed by atoms with Gasteiger partial charge in [-0.25, -0.2) is 4.98 Å². The molecule has 4 heteroatoms. The van der Waals surface area contributed by atoms with Crippen LogP contribution in [0.25, 0.3) is 0 Å². The van der Waals surface area contributed by atoms with Crippen LogP contribution in [0.3, 0.4) is 0 Å². The van der Waals surface area contributed by atoms with Gasteiger partial charge in [-0.05, 0) is 30.7 Å². The third-order valence-corrected chi connectivity index (χ3v) is 4.78. The van der Waals surface area contributed by atoms with Gasteiger partial charge in [-0.1, -0.05) is 55.8 Å². The number of aromatic nitrogens is 1. The van der Waals surface area contributed by atoms with E-state index in [2.05, 4.69) is 78.6 Å². The van der Waals surface area contributed by atoms with E-state index in [4.69, 9.17) is 4.98 Å². The smallest absolute Gasteiger partial charge is 0.114 e.